The molecule has 0 atom stereocenters. The molecule has 0 radical (unpaired) electrons. The molecule has 2 aromatic rings. The highest BCUT2D eigenvalue weighted by Crippen LogP contribution is 2.16. The van der Waals surface area contributed by atoms with Gasteiger partial charge in [-0.3, -0.25) is 0 Å². The molecule has 0 bridgehead atoms. The molecular formula is C11H12FN3O2. The second kappa shape index (κ2) is 5.40. The van der Waals surface area contributed by atoms with Gasteiger partial charge in [0.25, 0.3) is 0 Å². The predicted octanol–water partition coefficient (Wildman–Crippen LogP) is 1.29. The number of benzene rings is 1. The molecule has 1 aromatic carbocycles. The topological polar surface area (TPSA) is 74.2 Å². The van der Waals surface area contributed by atoms with Crippen LogP contribution in [0.15, 0.2) is 28.8 Å². The number of rotatable bonds is 5. The Hall–Kier alpha value is -1.95. The van der Waals surface area contributed by atoms with Crippen LogP contribution in [0.2, 0.25) is 0 Å². The Morgan fingerprint density at radius 1 is 1.35 bits per heavy atom. The van der Waals surface area contributed by atoms with Gasteiger partial charge in [0.2, 0.25) is 11.7 Å². The van der Waals surface area contributed by atoms with Gasteiger partial charge in [0.05, 0.1) is 0 Å². The van der Waals surface area contributed by atoms with Crippen LogP contribution in [0, 0.1) is 5.82 Å². The maximum absolute atomic E-state index is 13.2. The minimum absolute atomic E-state index is 0.0645. The molecule has 0 aliphatic rings. The van der Waals surface area contributed by atoms with Crippen molar-refractivity contribution >= 4 is 0 Å². The minimum Gasteiger partial charge on any atom is -0.482 e. The highest BCUT2D eigenvalue weighted by molar-refractivity contribution is 5.23. The summed E-state index contributed by atoms with van der Waals surface area (Å²) >= 11 is 0. The quantitative estimate of drug-likeness (QED) is 0.848. The maximum Gasteiger partial charge on any atom is 0.228 e. The molecule has 0 spiro atoms. The van der Waals surface area contributed by atoms with Gasteiger partial charge in [-0.1, -0.05) is 17.3 Å². The van der Waals surface area contributed by atoms with Gasteiger partial charge >= 0.3 is 0 Å². The molecule has 1 heterocycles. The minimum atomic E-state index is -0.418. The molecule has 17 heavy (non-hydrogen) atoms. The van der Waals surface area contributed by atoms with Gasteiger partial charge in [0, 0.05) is 13.0 Å². The first-order valence-electron chi connectivity index (χ1n) is 5.18. The summed E-state index contributed by atoms with van der Waals surface area (Å²) < 4.78 is 23.3. The van der Waals surface area contributed by atoms with E-state index in [0.717, 1.165) is 0 Å². The van der Waals surface area contributed by atoms with Gasteiger partial charge < -0.3 is 15.0 Å². The molecule has 2 rings (SSSR count). The first-order valence-corrected chi connectivity index (χ1v) is 5.18. The summed E-state index contributed by atoms with van der Waals surface area (Å²) in [6, 6.07) is 6.14. The maximum atomic E-state index is 13.2. The Morgan fingerprint density at radius 2 is 2.18 bits per heavy atom. The summed E-state index contributed by atoms with van der Waals surface area (Å²) in [5.41, 5.74) is 5.35. The number of para-hydroxylation sites is 1. The lowest BCUT2D eigenvalue weighted by molar-refractivity contribution is 0.272. The molecular weight excluding hydrogens is 225 g/mol. The second-order valence-corrected chi connectivity index (χ2v) is 3.36. The lowest BCUT2D eigenvalue weighted by Crippen LogP contribution is -2.03. The van der Waals surface area contributed by atoms with Crippen molar-refractivity contribution in [3.63, 3.8) is 0 Å². The van der Waals surface area contributed by atoms with Crippen LogP contribution < -0.4 is 10.5 Å². The fraction of sp³-hybridized carbons (Fsp3) is 0.273. The molecule has 0 unspecified atom stereocenters. The molecule has 0 aliphatic heterocycles. The summed E-state index contributed by atoms with van der Waals surface area (Å²) in [4.78, 5) is 4.04. The van der Waals surface area contributed by atoms with E-state index in [0.29, 0.717) is 24.7 Å². The Labute approximate surface area is 97.4 Å². The van der Waals surface area contributed by atoms with Crippen LogP contribution >= 0.6 is 0 Å². The number of ether oxygens (including phenoxy) is 1. The van der Waals surface area contributed by atoms with Crippen LogP contribution in [0.5, 0.6) is 5.75 Å². The molecule has 2 N–H and O–H groups in total. The van der Waals surface area contributed by atoms with E-state index in [1.807, 2.05) is 0 Å². The van der Waals surface area contributed by atoms with E-state index in [-0.39, 0.29) is 12.4 Å². The normalized spacial score (nSPS) is 10.5. The molecule has 6 heteroatoms. The second-order valence-electron chi connectivity index (χ2n) is 3.36. The smallest absolute Gasteiger partial charge is 0.228 e. The SMILES string of the molecule is NCCc1nc(COc2ccccc2F)no1. The van der Waals surface area contributed by atoms with Crippen LogP contribution in [-0.4, -0.2) is 16.7 Å². The van der Waals surface area contributed by atoms with Crippen LogP contribution in [0.3, 0.4) is 0 Å². The van der Waals surface area contributed by atoms with E-state index < -0.39 is 5.82 Å². The van der Waals surface area contributed by atoms with Gasteiger partial charge in [-0.15, -0.1) is 0 Å². The summed E-state index contributed by atoms with van der Waals surface area (Å²) in [6.45, 7) is 0.505. The Morgan fingerprint density at radius 3 is 2.94 bits per heavy atom. The first kappa shape index (κ1) is 11.5. The molecule has 5 nitrogen and oxygen atoms in total. The monoisotopic (exact) mass is 237 g/mol. The Kier molecular flexibility index (Phi) is 3.66. The van der Waals surface area contributed by atoms with Gasteiger partial charge in [0.1, 0.15) is 0 Å². The largest absolute Gasteiger partial charge is 0.482 e. The molecule has 0 fully saturated rings. The fourth-order valence-corrected chi connectivity index (χ4v) is 1.28. The Bertz CT molecular complexity index is 487. The van der Waals surface area contributed by atoms with Gasteiger partial charge in [-0.25, -0.2) is 4.39 Å². The predicted molar refractivity (Wildman–Crippen MR) is 57.8 cm³/mol. The first-order chi connectivity index (χ1) is 8.29. The van der Waals surface area contributed by atoms with Crippen molar-refractivity contribution in [1.82, 2.24) is 10.1 Å². The highest BCUT2D eigenvalue weighted by atomic mass is 19.1. The third kappa shape index (κ3) is 3.01. The van der Waals surface area contributed by atoms with Crippen molar-refractivity contribution in [2.45, 2.75) is 13.0 Å². The number of aromatic nitrogens is 2. The highest BCUT2D eigenvalue weighted by Gasteiger charge is 2.07. The third-order valence-electron chi connectivity index (χ3n) is 2.06. The summed E-state index contributed by atoms with van der Waals surface area (Å²) in [5, 5.41) is 3.69. The average molecular weight is 237 g/mol. The number of hydrogen-bond acceptors (Lipinski definition) is 5. The van der Waals surface area contributed by atoms with E-state index in [1.54, 1.807) is 12.1 Å². The number of hydrogen-bond donors (Lipinski definition) is 1. The third-order valence-corrected chi connectivity index (χ3v) is 2.06. The van der Waals surface area contributed by atoms with Gasteiger partial charge in [-0.05, 0) is 12.1 Å². The fourth-order valence-electron chi connectivity index (χ4n) is 1.28. The molecule has 0 saturated heterocycles. The number of nitrogens with two attached hydrogens (primary N) is 1. The lowest BCUT2D eigenvalue weighted by Gasteiger charge is -2.03. The Balaban J connectivity index is 1.95. The van der Waals surface area contributed by atoms with E-state index >= 15 is 0 Å². The number of nitrogens with zero attached hydrogens (tertiary/aromatic N) is 2. The molecule has 1 aromatic heterocycles. The molecule has 0 saturated carbocycles. The van der Waals surface area contributed by atoms with Crippen molar-refractivity contribution in [2.75, 3.05) is 6.54 Å². The van der Waals surface area contributed by atoms with Crippen LogP contribution in [-0.2, 0) is 13.0 Å². The summed E-state index contributed by atoms with van der Waals surface area (Å²) in [7, 11) is 0. The van der Waals surface area contributed by atoms with E-state index in [1.165, 1.54) is 12.1 Å². The van der Waals surface area contributed by atoms with Crippen molar-refractivity contribution in [1.29, 1.82) is 0 Å². The van der Waals surface area contributed by atoms with Gasteiger partial charge in [-0.2, -0.15) is 4.98 Å². The van der Waals surface area contributed by atoms with Gasteiger partial charge in [0.15, 0.2) is 18.2 Å². The number of halogens is 1. The zero-order valence-corrected chi connectivity index (χ0v) is 9.10. The van der Waals surface area contributed by atoms with Crippen molar-refractivity contribution in [3.05, 3.63) is 41.8 Å². The standard InChI is InChI=1S/C11H12FN3O2/c12-8-3-1-2-4-9(8)16-7-10-14-11(5-6-13)17-15-10/h1-4H,5-7,13H2. The summed E-state index contributed by atoms with van der Waals surface area (Å²) in [5.74, 6) is 0.576. The zero-order chi connectivity index (χ0) is 12.1. The molecule has 0 amide bonds. The van der Waals surface area contributed by atoms with E-state index in [2.05, 4.69) is 10.1 Å². The zero-order valence-electron chi connectivity index (χ0n) is 9.10. The lowest BCUT2D eigenvalue weighted by atomic mass is 10.3. The van der Waals surface area contributed by atoms with E-state index in [4.69, 9.17) is 15.0 Å². The van der Waals surface area contributed by atoms with Crippen molar-refractivity contribution in [2.24, 2.45) is 5.73 Å². The molecule has 0 aliphatic carbocycles. The van der Waals surface area contributed by atoms with Crippen LogP contribution in [0.25, 0.3) is 0 Å². The summed E-state index contributed by atoms with van der Waals surface area (Å²) in [6.07, 6.45) is 0.521. The van der Waals surface area contributed by atoms with Crippen molar-refractivity contribution < 1.29 is 13.7 Å². The van der Waals surface area contributed by atoms with Crippen LogP contribution in [0.1, 0.15) is 11.7 Å². The van der Waals surface area contributed by atoms with Crippen molar-refractivity contribution in [3.8, 4) is 5.75 Å². The molecule has 90 valence electrons. The van der Waals surface area contributed by atoms with Crippen LogP contribution in [0.4, 0.5) is 4.39 Å². The average Bonchev–Trinajstić information content (AvgIpc) is 2.76. The van der Waals surface area contributed by atoms with E-state index in [9.17, 15) is 4.39 Å².